The van der Waals surface area contributed by atoms with Gasteiger partial charge in [0.25, 0.3) is 0 Å². The Bertz CT molecular complexity index is 847. The summed E-state index contributed by atoms with van der Waals surface area (Å²) in [6.45, 7) is 2.35. The van der Waals surface area contributed by atoms with Gasteiger partial charge in [-0.2, -0.15) is 0 Å². The van der Waals surface area contributed by atoms with Gasteiger partial charge in [0, 0.05) is 18.1 Å². The van der Waals surface area contributed by atoms with Gasteiger partial charge in [-0.25, -0.2) is 0 Å². The van der Waals surface area contributed by atoms with Crippen molar-refractivity contribution in [3.05, 3.63) is 64.4 Å². The van der Waals surface area contributed by atoms with Gasteiger partial charge in [-0.1, -0.05) is 41.9 Å². The highest BCUT2D eigenvalue weighted by atomic mass is 35.5. The molecule has 24 heavy (non-hydrogen) atoms. The minimum absolute atomic E-state index is 0.100. The van der Waals surface area contributed by atoms with Crippen LogP contribution in [0.25, 0.3) is 5.76 Å². The minimum atomic E-state index is -1.97. The van der Waals surface area contributed by atoms with E-state index in [2.05, 4.69) is 0 Å². The number of rotatable bonds is 2. The van der Waals surface area contributed by atoms with Gasteiger partial charge in [0.05, 0.1) is 10.6 Å². The lowest BCUT2D eigenvalue weighted by atomic mass is 9.80. The summed E-state index contributed by atoms with van der Waals surface area (Å²) < 4.78 is 10.5. The molecular formula is C18H13ClO5. The fourth-order valence-corrected chi connectivity index (χ4v) is 2.95. The van der Waals surface area contributed by atoms with E-state index < -0.39 is 23.1 Å². The molecule has 1 aromatic carbocycles. The Kier molecular flexibility index (Phi) is 3.89. The number of hydrogen-bond acceptors (Lipinski definition) is 5. The molecule has 1 unspecified atom stereocenters. The van der Waals surface area contributed by atoms with Crippen LogP contribution in [0.5, 0.6) is 0 Å². The first-order valence-corrected chi connectivity index (χ1v) is 7.55. The van der Waals surface area contributed by atoms with E-state index in [0.717, 1.165) is 12.5 Å². The zero-order chi connectivity index (χ0) is 17.5. The average molecular weight is 345 g/mol. The van der Waals surface area contributed by atoms with E-state index in [4.69, 9.17) is 21.1 Å². The minimum Gasteiger partial charge on any atom is -0.464 e. The Labute approximate surface area is 143 Å². The largest absolute Gasteiger partial charge is 0.464 e. The standard InChI is InChI=1S/C18H13ClO5/c1-10(20)24-18(2)16(21)13-9-23-14(11-6-4-3-5-7-11)8-12(13)15(19)17(18)22/h3-9H,1-2H3. The molecule has 0 saturated heterocycles. The molecule has 1 heterocycles. The summed E-state index contributed by atoms with van der Waals surface area (Å²) >= 11 is 6.17. The first-order valence-electron chi connectivity index (χ1n) is 7.18. The molecule has 0 fully saturated rings. The molecule has 0 radical (unpaired) electrons. The van der Waals surface area contributed by atoms with Gasteiger partial charge >= 0.3 is 5.97 Å². The Morgan fingerprint density at radius 2 is 1.83 bits per heavy atom. The maximum Gasteiger partial charge on any atom is 0.304 e. The first-order chi connectivity index (χ1) is 11.3. The van der Waals surface area contributed by atoms with Crippen LogP contribution in [-0.4, -0.2) is 23.1 Å². The van der Waals surface area contributed by atoms with Crippen LogP contribution < -0.4 is 0 Å². The van der Waals surface area contributed by atoms with Gasteiger partial charge in [-0.05, 0) is 13.0 Å². The Hall–Kier alpha value is -2.66. The summed E-state index contributed by atoms with van der Waals surface area (Å²) in [5.41, 5.74) is -0.831. The number of fused-ring (bicyclic) bond motifs is 1. The summed E-state index contributed by atoms with van der Waals surface area (Å²) in [5, 5.41) is -0.165. The zero-order valence-corrected chi connectivity index (χ0v) is 13.7. The lowest BCUT2D eigenvalue weighted by molar-refractivity contribution is -0.167. The number of hydrogen-bond donors (Lipinski definition) is 0. The molecule has 0 N–H and O–H groups in total. The molecule has 0 amide bonds. The van der Waals surface area contributed by atoms with Crippen molar-refractivity contribution in [1.29, 1.82) is 0 Å². The van der Waals surface area contributed by atoms with Gasteiger partial charge < -0.3 is 9.47 Å². The van der Waals surface area contributed by atoms with Gasteiger partial charge in [-0.15, -0.1) is 0 Å². The molecule has 1 atom stereocenters. The van der Waals surface area contributed by atoms with Crippen molar-refractivity contribution in [3.63, 3.8) is 0 Å². The van der Waals surface area contributed by atoms with Crippen molar-refractivity contribution in [2.24, 2.45) is 0 Å². The highest BCUT2D eigenvalue weighted by molar-refractivity contribution is 6.49. The normalized spacial score (nSPS) is 23.1. The second-order valence-corrected chi connectivity index (χ2v) is 5.91. The fourth-order valence-electron chi connectivity index (χ4n) is 2.61. The Morgan fingerprint density at radius 1 is 1.17 bits per heavy atom. The molecule has 0 bridgehead atoms. The second-order valence-electron chi connectivity index (χ2n) is 5.54. The van der Waals surface area contributed by atoms with E-state index in [9.17, 15) is 14.4 Å². The smallest absolute Gasteiger partial charge is 0.304 e. The predicted molar refractivity (Wildman–Crippen MR) is 86.7 cm³/mol. The topological polar surface area (TPSA) is 69.7 Å². The highest BCUT2D eigenvalue weighted by Gasteiger charge is 2.52. The van der Waals surface area contributed by atoms with E-state index >= 15 is 0 Å². The molecular weight excluding hydrogens is 332 g/mol. The highest BCUT2D eigenvalue weighted by Crippen LogP contribution is 2.39. The van der Waals surface area contributed by atoms with Gasteiger partial charge in [0.15, 0.2) is 0 Å². The van der Waals surface area contributed by atoms with E-state index in [1.807, 2.05) is 30.3 Å². The van der Waals surface area contributed by atoms with E-state index in [1.54, 1.807) is 0 Å². The molecule has 0 saturated carbocycles. The van der Waals surface area contributed by atoms with Crippen LogP contribution in [0, 0.1) is 0 Å². The van der Waals surface area contributed by atoms with Crippen LogP contribution >= 0.6 is 11.6 Å². The number of esters is 1. The molecule has 1 aliphatic heterocycles. The van der Waals surface area contributed by atoms with Crippen LogP contribution in [0.1, 0.15) is 19.4 Å². The number of ketones is 2. The van der Waals surface area contributed by atoms with Gasteiger partial charge in [0.2, 0.25) is 17.2 Å². The quantitative estimate of drug-likeness (QED) is 0.609. The van der Waals surface area contributed by atoms with Crippen LogP contribution in [-0.2, 0) is 23.9 Å². The second kappa shape index (κ2) is 5.76. The van der Waals surface area contributed by atoms with Crippen LogP contribution in [0.15, 0.2) is 58.8 Å². The molecule has 3 rings (SSSR count). The summed E-state index contributed by atoms with van der Waals surface area (Å²) in [4.78, 5) is 36.4. The number of halogens is 1. The molecule has 122 valence electrons. The number of ether oxygens (including phenoxy) is 2. The lowest BCUT2D eigenvalue weighted by Gasteiger charge is -2.32. The van der Waals surface area contributed by atoms with E-state index in [0.29, 0.717) is 5.76 Å². The number of carbonyl (C=O) groups excluding carboxylic acids is 3. The van der Waals surface area contributed by atoms with Crippen molar-refractivity contribution >= 4 is 34.9 Å². The van der Waals surface area contributed by atoms with E-state index in [1.165, 1.54) is 19.3 Å². The third-order valence-corrected chi connectivity index (χ3v) is 4.20. The van der Waals surface area contributed by atoms with Crippen molar-refractivity contribution in [3.8, 4) is 0 Å². The molecule has 0 aromatic heterocycles. The summed E-state index contributed by atoms with van der Waals surface area (Å²) in [5.74, 6) is -1.69. The fraction of sp³-hybridized carbons (Fsp3) is 0.167. The average Bonchev–Trinajstić information content (AvgIpc) is 2.58. The summed E-state index contributed by atoms with van der Waals surface area (Å²) in [6, 6.07) is 9.19. The Balaban J connectivity index is 2.09. The monoisotopic (exact) mass is 344 g/mol. The van der Waals surface area contributed by atoms with Crippen LogP contribution in [0.2, 0.25) is 0 Å². The van der Waals surface area contributed by atoms with Gasteiger partial charge in [-0.3, -0.25) is 14.4 Å². The SMILES string of the molecule is CC(=O)OC1(C)C(=O)C2=COC(c3ccccc3)=CC2=C(Cl)C1=O. The molecule has 2 aliphatic rings. The summed E-state index contributed by atoms with van der Waals surface area (Å²) in [6.07, 6.45) is 2.77. The lowest BCUT2D eigenvalue weighted by Crippen LogP contribution is -2.51. The van der Waals surface area contributed by atoms with Gasteiger partial charge in [0.1, 0.15) is 12.0 Å². The molecule has 1 aromatic rings. The third-order valence-electron chi connectivity index (χ3n) is 3.82. The molecule has 6 heteroatoms. The summed E-state index contributed by atoms with van der Waals surface area (Å²) in [7, 11) is 0. The third kappa shape index (κ3) is 2.47. The van der Waals surface area contributed by atoms with Crippen LogP contribution in [0.3, 0.4) is 0 Å². The predicted octanol–water partition coefficient (Wildman–Crippen LogP) is 2.91. The van der Waals surface area contributed by atoms with Crippen molar-refractivity contribution in [1.82, 2.24) is 0 Å². The van der Waals surface area contributed by atoms with Crippen molar-refractivity contribution in [2.75, 3.05) is 0 Å². The zero-order valence-electron chi connectivity index (χ0n) is 13.0. The number of benzene rings is 1. The number of Topliss-reactive ketones (excluding diaryl/α,β-unsaturated/α-hetero) is 2. The maximum atomic E-state index is 12.6. The van der Waals surface area contributed by atoms with Crippen molar-refractivity contribution in [2.45, 2.75) is 19.4 Å². The molecule has 5 nitrogen and oxygen atoms in total. The number of allylic oxidation sites excluding steroid dienone is 2. The van der Waals surface area contributed by atoms with E-state index in [-0.39, 0.29) is 16.2 Å². The number of carbonyl (C=O) groups is 3. The first kappa shape index (κ1) is 16.2. The molecule has 0 spiro atoms. The maximum absolute atomic E-state index is 12.6. The molecule has 1 aliphatic carbocycles. The Morgan fingerprint density at radius 3 is 2.46 bits per heavy atom. The van der Waals surface area contributed by atoms with Crippen LogP contribution in [0.4, 0.5) is 0 Å². The van der Waals surface area contributed by atoms with Crippen molar-refractivity contribution < 1.29 is 23.9 Å².